The smallest absolute Gasteiger partial charge is 0.333 e. The Bertz CT molecular complexity index is 3910. The second kappa shape index (κ2) is 24.1. The second-order valence-corrected chi connectivity index (χ2v) is 29.5. The molecular weight excluding hydrogens is 1090 g/mol. The first-order valence-electron chi connectivity index (χ1n) is 35.2. The Morgan fingerprint density at radius 2 is 0.689 bits per heavy atom. The van der Waals surface area contributed by atoms with Crippen LogP contribution >= 0.6 is 0 Å². The van der Waals surface area contributed by atoms with Crippen LogP contribution in [0.3, 0.4) is 0 Å². The van der Waals surface area contributed by atoms with Crippen molar-refractivity contribution in [1.82, 2.24) is 0 Å². The molecule has 8 aromatic rings. The third-order valence-corrected chi connectivity index (χ3v) is 24.8. The van der Waals surface area contributed by atoms with E-state index < -0.39 is 0 Å². The highest BCUT2D eigenvalue weighted by molar-refractivity contribution is 5.91. The van der Waals surface area contributed by atoms with Crippen LogP contribution in [0.4, 0.5) is 0 Å². The van der Waals surface area contributed by atoms with Crippen LogP contribution in [0.2, 0.25) is 0 Å². The summed E-state index contributed by atoms with van der Waals surface area (Å²) in [6, 6.07) is 67.4. The monoisotopic (exact) mass is 1190 g/mol. The molecule has 0 aromatic heterocycles. The lowest BCUT2D eigenvalue weighted by atomic mass is 9.36. The number of esters is 1. The third-order valence-electron chi connectivity index (χ3n) is 24.8. The van der Waals surface area contributed by atoms with Crippen molar-refractivity contribution in [2.75, 3.05) is 13.2 Å². The maximum absolute atomic E-state index is 11.6. The van der Waals surface area contributed by atoms with Crippen LogP contribution in [-0.4, -0.2) is 19.2 Å². The molecule has 4 fully saturated rings. The van der Waals surface area contributed by atoms with Crippen LogP contribution < -0.4 is 4.74 Å². The molecule has 0 radical (unpaired) electrons. The van der Waals surface area contributed by atoms with Crippen molar-refractivity contribution >= 4 is 5.97 Å². The first-order valence-corrected chi connectivity index (χ1v) is 35.2. The lowest BCUT2D eigenvalue weighted by Gasteiger charge is -2.67. The Morgan fingerprint density at radius 3 is 1.07 bits per heavy atom. The van der Waals surface area contributed by atoms with E-state index in [2.05, 4.69) is 211 Å². The van der Waals surface area contributed by atoms with Gasteiger partial charge >= 0.3 is 5.97 Å². The highest BCUT2D eigenvalue weighted by atomic mass is 16.5. The highest BCUT2D eigenvalue weighted by Gasteiger charge is 2.70. The van der Waals surface area contributed by atoms with Crippen molar-refractivity contribution in [3.8, 4) is 83.6 Å². The predicted molar refractivity (Wildman–Crippen MR) is 376 cm³/mol. The fraction of sp³-hybridized carbons (Fsp3) is 0.414. The van der Waals surface area contributed by atoms with Crippen molar-refractivity contribution < 1.29 is 14.3 Å². The van der Waals surface area contributed by atoms with Gasteiger partial charge in [0, 0.05) is 16.4 Å². The molecule has 0 aliphatic heterocycles. The van der Waals surface area contributed by atoms with E-state index in [1.54, 1.807) is 29.2 Å². The summed E-state index contributed by atoms with van der Waals surface area (Å²) in [7, 11) is 0. The third kappa shape index (κ3) is 9.74. The number of benzene rings is 8. The van der Waals surface area contributed by atoms with Gasteiger partial charge in [-0.1, -0.05) is 238 Å². The number of aryl methyl sites for hydroxylation is 1. The zero-order valence-electron chi connectivity index (χ0n) is 55.1. The van der Waals surface area contributed by atoms with Gasteiger partial charge in [-0.15, -0.1) is 0 Å². The molecule has 90 heavy (non-hydrogen) atoms. The SMILES string of the molecule is C=C(C)C(=O)OCCCCCCCCCCOc1ccc(-c2ccc(-c3ccc4c(c3)C3(c5cc(-c6ccc7c(c6)C6(c8cc(-c9ccc(-c%10ccc(C)cc%10)cc9)ccc8-7)C7(CC)CCCC6(CC)CCC7)ccc5-4)C4(C)CCCC3(C)CCC4)cc2)cc1. The van der Waals surface area contributed by atoms with Crippen LogP contribution in [0, 0.1) is 28.6 Å². The summed E-state index contributed by atoms with van der Waals surface area (Å²) in [6.07, 6.45) is 27.2. The molecule has 0 N–H and O–H groups in total. The van der Waals surface area contributed by atoms with Crippen molar-refractivity contribution in [3.63, 3.8) is 0 Å². The number of unbranched alkanes of at least 4 members (excludes halogenated alkanes) is 7. The minimum Gasteiger partial charge on any atom is -0.494 e. The predicted octanol–water partition coefficient (Wildman–Crippen LogP) is 24.0. The maximum atomic E-state index is 11.6. The molecule has 6 aliphatic carbocycles. The Hall–Kier alpha value is -7.23. The van der Waals surface area contributed by atoms with Crippen molar-refractivity contribution in [3.05, 3.63) is 210 Å². The van der Waals surface area contributed by atoms with Gasteiger partial charge in [-0.3, -0.25) is 0 Å². The van der Waals surface area contributed by atoms with E-state index >= 15 is 0 Å². The standard InChI is InChI=1S/C87H96O3/c1-8-84-50-20-52-85(9-2,53-21-51-84)87(84)79-57-69(67-30-26-63(27-31-67)62-24-22-61(5)23-25-62)37-43-75(79)76-45-39-71(59-80(76)87)70-38-44-74-73-42-36-68(56-77(73)86(78(74)58-70)82(6)46-18-48-83(86,7)49-19-47-82)66-32-28-64(29-33-66)65-34-40-72(41-35-65)89-54-16-14-12-10-11-13-15-17-55-90-81(88)60(3)4/h22-45,56-59H,3,8-21,46-55H2,1-2,4-7H3. The lowest BCUT2D eigenvalue weighted by Crippen LogP contribution is -2.61. The van der Waals surface area contributed by atoms with Gasteiger partial charge in [0.15, 0.2) is 0 Å². The number of rotatable bonds is 20. The zero-order chi connectivity index (χ0) is 61.9. The summed E-state index contributed by atoms with van der Waals surface area (Å²) in [5.41, 5.74) is 27.7. The summed E-state index contributed by atoms with van der Waals surface area (Å²) in [6.45, 7) is 19.3. The fourth-order valence-electron chi connectivity index (χ4n) is 20.5. The second-order valence-electron chi connectivity index (χ2n) is 29.5. The summed E-state index contributed by atoms with van der Waals surface area (Å²) in [5.74, 6) is 0.656. The quantitative estimate of drug-likeness (QED) is 0.0433. The fourth-order valence-corrected chi connectivity index (χ4v) is 20.5. The van der Waals surface area contributed by atoms with E-state index in [-0.39, 0.29) is 38.5 Å². The van der Waals surface area contributed by atoms with Crippen LogP contribution in [0.25, 0.3) is 77.9 Å². The maximum Gasteiger partial charge on any atom is 0.333 e. The van der Waals surface area contributed by atoms with Crippen LogP contribution in [0.15, 0.2) is 182 Å². The van der Waals surface area contributed by atoms with Crippen molar-refractivity contribution in [1.29, 1.82) is 0 Å². The van der Waals surface area contributed by atoms with Gasteiger partial charge in [-0.05, 0) is 249 Å². The molecule has 4 saturated carbocycles. The van der Waals surface area contributed by atoms with Gasteiger partial charge in [-0.2, -0.15) is 0 Å². The Labute approximate surface area is 539 Å². The molecule has 3 heteroatoms. The lowest BCUT2D eigenvalue weighted by molar-refractivity contribution is -0.139. The Balaban J connectivity index is 0.743. The minimum atomic E-state index is -0.281. The van der Waals surface area contributed by atoms with Gasteiger partial charge in [-0.25, -0.2) is 4.79 Å². The molecule has 0 heterocycles. The summed E-state index contributed by atoms with van der Waals surface area (Å²) >= 11 is 0. The molecule has 0 saturated heterocycles. The van der Waals surface area contributed by atoms with Gasteiger partial charge < -0.3 is 9.47 Å². The number of ether oxygens (including phenoxy) is 2. The highest BCUT2D eigenvalue weighted by Crippen LogP contribution is 2.77. The molecular formula is C87H96O3. The Morgan fingerprint density at radius 1 is 0.389 bits per heavy atom. The molecule has 0 unspecified atom stereocenters. The number of carbonyl (C=O) groups is 1. The number of fused-ring (bicyclic) bond motifs is 6. The van der Waals surface area contributed by atoms with Crippen molar-refractivity contribution in [2.45, 2.75) is 194 Å². The summed E-state index contributed by atoms with van der Waals surface area (Å²) in [5, 5.41) is 0. The zero-order valence-corrected chi connectivity index (χ0v) is 55.1. The van der Waals surface area contributed by atoms with Gasteiger partial charge in [0.1, 0.15) is 5.75 Å². The normalized spacial score (nSPS) is 24.9. The molecule has 3 nitrogen and oxygen atoms in total. The molecule has 462 valence electrons. The molecule has 4 bridgehead atoms. The van der Waals surface area contributed by atoms with E-state index in [0.717, 1.165) is 31.6 Å². The average molecular weight is 1190 g/mol. The molecule has 14 rings (SSSR count). The van der Waals surface area contributed by atoms with Gasteiger partial charge in [0.25, 0.3) is 0 Å². The van der Waals surface area contributed by atoms with Crippen LogP contribution in [-0.2, 0) is 20.4 Å². The average Bonchev–Trinajstić information content (AvgIpc) is 1.42. The first-order chi connectivity index (χ1) is 43.8. The van der Waals surface area contributed by atoms with E-state index in [1.165, 1.54) is 205 Å². The first kappa shape index (κ1) is 60.3. The Kier molecular flexibility index (Phi) is 16.2. The van der Waals surface area contributed by atoms with Gasteiger partial charge in [0.05, 0.1) is 13.2 Å². The van der Waals surface area contributed by atoms with E-state index in [4.69, 9.17) is 9.47 Å². The van der Waals surface area contributed by atoms with Crippen LogP contribution in [0.5, 0.6) is 5.75 Å². The summed E-state index contributed by atoms with van der Waals surface area (Å²) < 4.78 is 11.4. The molecule has 0 atom stereocenters. The molecule has 8 aromatic carbocycles. The molecule has 0 amide bonds. The van der Waals surface area contributed by atoms with E-state index in [9.17, 15) is 4.79 Å². The molecule has 6 aliphatic rings. The van der Waals surface area contributed by atoms with Crippen LogP contribution in [0.1, 0.15) is 204 Å². The molecule has 2 spiro atoms. The topological polar surface area (TPSA) is 35.5 Å². The van der Waals surface area contributed by atoms with Gasteiger partial charge in [0.2, 0.25) is 0 Å². The largest absolute Gasteiger partial charge is 0.494 e. The number of carbonyl (C=O) groups excluding carboxylic acids is 1. The number of hydrogen-bond acceptors (Lipinski definition) is 3. The van der Waals surface area contributed by atoms with E-state index in [1.807, 2.05) is 0 Å². The van der Waals surface area contributed by atoms with Crippen molar-refractivity contribution in [2.24, 2.45) is 21.7 Å². The summed E-state index contributed by atoms with van der Waals surface area (Å²) in [4.78, 5) is 11.6. The van der Waals surface area contributed by atoms with E-state index in [0.29, 0.717) is 12.2 Å². The number of hydrogen-bond donors (Lipinski definition) is 0. The minimum absolute atomic E-state index is 0.0572.